The summed E-state index contributed by atoms with van der Waals surface area (Å²) in [6, 6.07) is 6.49. The first-order chi connectivity index (χ1) is 9.11. The van der Waals surface area contributed by atoms with E-state index in [4.69, 9.17) is 9.47 Å². The Morgan fingerprint density at radius 2 is 1.79 bits per heavy atom. The summed E-state index contributed by atoms with van der Waals surface area (Å²) in [6.07, 6.45) is 0. The van der Waals surface area contributed by atoms with Crippen molar-refractivity contribution in [2.24, 2.45) is 0 Å². The van der Waals surface area contributed by atoms with Gasteiger partial charge >= 0.3 is 0 Å². The molecule has 1 aliphatic rings. The molecule has 1 aromatic carbocycles. The molecule has 1 saturated heterocycles. The summed E-state index contributed by atoms with van der Waals surface area (Å²) in [5, 5.41) is 0. The number of imide groups is 1. The van der Waals surface area contributed by atoms with Crippen LogP contribution in [0.3, 0.4) is 0 Å². The summed E-state index contributed by atoms with van der Waals surface area (Å²) in [4.78, 5) is 35.9. The second kappa shape index (κ2) is 5.62. The number of hydrogen-bond acceptors (Lipinski definition) is 5. The first-order valence-corrected chi connectivity index (χ1v) is 5.70. The van der Waals surface area contributed by atoms with Crippen LogP contribution in [0.4, 0.5) is 0 Å². The molecule has 0 bridgehead atoms. The molecule has 6 nitrogen and oxygen atoms in total. The van der Waals surface area contributed by atoms with Crippen LogP contribution in [0, 0.1) is 0 Å². The van der Waals surface area contributed by atoms with Crippen LogP contribution in [0.25, 0.3) is 0 Å². The molecule has 2 rings (SSSR count). The molecule has 0 unspecified atom stereocenters. The van der Waals surface area contributed by atoms with E-state index < -0.39 is 11.8 Å². The quantitative estimate of drug-likeness (QED) is 0.575. The van der Waals surface area contributed by atoms with Gasteiger partial charge in [0, 0.05) is 5.56 Å². The minimum Gasteiger partial charge on any atom is -0.497 e. The fourth-order valence-corrected chi connectivity index (χ4v) is 1.71. The molecule has 1 heterocycles. The Labute approximate surface area is 109 Å². The molecule has 19 heavy (non-hydrogen) atoms. The van der Waals surface area contributed by atoms with E-state index in [1.807, 2.05) is 0 Å². The Bertz CT molecular complexity index is 492. The molecule has 1 fully saturated rings. The zero-order valence-corrected chi connectivity index (χ0v) is 10.4. The van der Waals surface area contributed by atoms with Gasteiger partial charge in [0.05, 0.1) is 13.7 Å². The second-order valence-corrected chi connectivity index (χ2v) is 4.02. The molecule has 0 N–H and O–H groups in total. The third kappa shape index (κ3) is 2.97. The Balaban J connectivity index is 2.07. The van der Waals surface area contributed by atoms with E-state index in [1.54, 1.807) is 24.3 Å². The maximum Gasteiger partial charge on any atom is 0.255 e. The lowest BCUT2D eigenvalue weighted by molar-refractivity contribution is -0.157. The van der Waals surface area contributed by atoms with Gasteiger partial charge in [-0.2, -0.15) is 0 Å². The first kappa shape index (κ1) is 13.2. The van der Waals surface area contributed by atoms with Gasteiger partial charge in [-0.15, -0.1) is 0 Å². The van der Waals surface area contributed by atoms with Crippen LogP contribution in [0.15, 0.2) is 24.3 Å². The number of benzene rings is 1. The van der Waals surface area contributed by atoms with Crippen molar-refractivity contribution in [1.82, 2.24) is 4.90 Å². The van der Waals surface area contributed by atoms with Crippen LogP contribution < -0.4 is 4.74 Å². The molecular weight excluding hydrogens is 250 g/mol. The van der Waals surface area contributed by atoms with E-state index in [1.165, 1.54) is 7.11 Å². The predicted molar refractivity (Wildman–Crippen MR) is 64.9 cm³/mol. The van der Waals surface area contributed by atoms with Crippen molar-refractivity contribution in [3.05, 3.63) is 29.8 Å². The van der Waals surface area contributed by atoms with E-state index in [0.717, 1.165) is 4.90 Å². The van der Waals surface area contributed by atoms with Crippen LogP contribution in [0.5, 0.6) is 5.75 Å². The molecule has 0 radical (unpaired) electrons. The van der Waals surface area contributed by atoms with Crippen molar-refractivity contribution in [2.75, 3.05) is 26.9 Å². The zero-order valence-electron chi connectivity index (χ0n) is 10.4. The summed E-state index contributed by atoms with van der Waals surface area (Å²) in [7, 11) is 1.53. The highest BCUT2D eigenvalue weighted by atomic mass is 16.5. The maximum absolute atomic E-state index is 12.0. The fourth-order valence-electron chi connectivity index (χ4n) is 1.71. The van der Waals surface area contributed by atoms with E-state index in [2.05, 4.69) is 0 Å². The number of morpholine rings is 1. The number of ether oxygens (including phenoxy) is 2. The first-order valence-electron chi connectivity index (χ1n) is 5.70. The van der Waals surface area contributed by atoms with E-state index in [-0.39, 0.29) is 25.5 Å². The molecule has 1 aromatic rings. The summed E-state index contributed by atoms with van der Waals surface area (Å²) in [5.41, 5.74) is 0.424. The lowest BCUT2D eigenvalue weighted by atomic mass is 10.1. The molecule has 0 atom stereocenters. The van der Waals surface area contributed by atoms with Crippen LogP contribution in [-0.2, 0) is 14.3 Å². The van der Waals surface area contributed by atoms with Gasteiger partial charge in [0.25, 0.3) is 11.8 Å². The van der Waals surface area contributed by atoms with Crippen LogP contribution >= 0.6 is 0 Å². The van der Waals surface area contributed by atoms with Gasteiger partial charge in [-0.3, -0.25) is 19.3 Å². The topological polar surface area (TPSA) is 72.9 Å². The number of rotatable bonds is 4. The normalized spacial score (nSPS) is 15.5. The number of nitrogens with zero attached hydrogens (tertiary/aromatic N) is 1. The molecule has 2 amide bonds. The smallest absolute Gasteiger partial charge is 0.255 e. The van der Waals surface area contributed by atoms with E-state index in [0.29, 0.717) is 11.3 Å². The Morgan fingerprint density at radius 1 is 1.21 bits per heavy atom. The van der Waals surface area contributed by atoms with Crippen LogP contribution in [-0.4, -0.2) is 49.4 Å². The predicted octanol–water partition coefficient (Wildman–Crippen LogP) is 0.263. The summed E-state index contributed by atoms with van der Waals surface area (Å²) in [6.45, 7) is -0.587. The molecule has 6 heteroatoms. The maximum atomic E-state index is 12.0. The van der Waals surface area contributed by atoms with Crippen LogP contribution in [0.2, 0.25) is 0 Å². The largest absolute Gasteiger partial charge is 0.497 e. The number of methoxy groups -OCH3 is 1. The highest BCUT2D eigenvalue weighted by molar-refractivity contribution is 6.05. The van der Waals surface area contributed by atoms with Crippen molar-refractivity contribution < 1.29 is 23.9 Å². The second-order valence-electron chi connectivity index (χ2n) is 4.02. The van der Waals surface area contributed by atoms with Gasteiger partial charge in [0.15, 0.2) is 5.78 Å². The zero-order chi connectivity index (χ0) is 13.8. The molecule has 0 saturated carbocycles. The number of ketones is 1. The van der Waals surface area contributed by atoms with E-state index >= 15 is 0 Å². The van der Waals surface area contributed by atoms with Gasteiger partial charge in [0.2, 0.25) is 0 Å². The van der Waals surface area contributed by atoms with Gasteiger partial charge in [-0.25, -0.2) is 0 Å². The Morgan fingerprint density at radius 3 is 2.32 bits per heavy atom. The van der Waals surface area contributed by atoms with E-state index in [9.17, 15) is 14.4 Å². The standard InChI is InChI=1S/C13H13NO5/c1-18-10-4-2-9(3-5-10)11(15)6-14-12(16)7-19-8-13(14)17/h2-5H,6-8H2,1H3. The Kier molecular flexibility index (Phi) is 3.91. The summed E-state index contributed by atoms with van der Waals surface area (Å²) >= 11 is 0. The average molecular weight is 263 g/mol. The van der Waals surface area contributed by atoms with Gasteiger partial charge in [-0.1, -0.05) is 0 Å². The Hall–Kier alpha value is -2.21. The van der Waals surface area contributed by atoms with Crippen molar-refractivity contribution in [2.45, 2.75) is 0 Å². The number of Topliss-reactive ketones (excluding diaryl/α,β-unsaturated/α-hetero) is 1. The highest BCUT2D eigenvalue weighted by Crippen LogP contribution is 2.12. The monoisotopic (exact) mass is 263 g/mol. The van der Waals surface area contributed by atoms with Crippen molar-refractivity contribution >= 4 is 17.6 Å². The minimum absolute atomic E-state index is 0.165. The molecule has 1 aliphatic heterocycles. The molecule has 0 aliphatic carbocycles. The van der Waals surface area contributed by atoms with Gasteiger partial charge < -0.3 is 9.47 Å². The van der Waals surface area contributed by atoms with Gasteiger partial charge in [0.1, 0.15) is 19.0 Å². The lowest BCUT2D eigenvalue weighted by Gasteiger charge is -2.24. The summed E-state index contributed by atoms with van der Waals surface area (Å²) < 4.78 is 9.76. The average Bonchev–Trinajstić information content (AvgIpc) is 2.43. The minimum atomic E-state index is -0.488. The lowest BCUT2D eigenvalue weighted by Crippen LogP contribution is -2.48. The van der Waals surface area contributed by atoms with Crippen molar-refractivity contribution in [1.29, 1.82) is 0 Å². The van der Waals surface area contributed by atoms with Crippen molar-refractivity contribution in [3.63, 3.8) is 0 Å². The number of carbonyl (C=O) groups excluding carboxylic acids is 3. The number of hydrogen-bond donors (Lipinski definition) is 0. The van der Waals surface area contributed by atoms with Crippen LogP contribution in [0.1, 0.15) is 10.4 Å². The SMILES string of the molecule is COc1ccc(C(=O)CN2C(=O)COCC2=O)cc1. The highest BCUT2D eigenvalue weighted by Gasteiger charge is 2.28. The molecular formula is C13H13NO5. The third-order valence-electron chi connectivity index (χ3n) is 2.77. The molecule has 0 aromatic heterocycles. The number of amides is 2. The molecule has 100 valence electrons. The fraction of sp³-hybridized carbons (Fsp3) is 0.308. The van der Waals surface area contributed by atoms with Crippen molar-refractivity contribution in [3.8, 4) is 5.75 Å². The summed E-state index contributed by atoms with van der Waals surface area (Å²) in [5.74, 6) is -0.641. The number of carbonyl (C=O) groups is 3. The molecule has 0 spiro atoms. The third-order valence-corrected chi connectivity index (χ3v) is 2.77. The van der Waals surface area contributed by atoms with Gasteiger partial charge in [-0.05, 0) is 24.3 Å².